The second-order valence-corrected chi connectivity index (χ2v) is 4.69. The van der Waals surface area contributed by atoms with Gasteiger partial charge in [-0.05, 0) is 32.1 Å². The van der Waals surface area contributed by atoms with Crippen LogP contribution in [0.5, 0.6) is 0 Å². The van der Waals surface area contributed by atoms with Crippen molar-refractivity contribution in [3.8, 4) is 0 Å². The van der Waals surface area contributed by atoms with Crippen LogP contribution in [0.4, 0.5) is 0 Å². The lowest BCUT2D eigenvalue weighted by molar-refractivity contribution is 0.283. The minimum absolute atomic E-state index is 0.452. The Hall–Kier alpha value is -0.860. The molecule has 16 heavy (non-hydrogen) atoms. The van der Waals surface area contributed by atoms with Crippen LogP contribution in [0.2, 0.25) is 0 Å². The highest BCUT2D eigenvalue weighted by Crippen LogP contribution is 2.21. The Morgan fingerprint density at radius 3 is 2.31 bits per heavy atom. The van der Waals surface area contributed by atoms with E-state index >= 15 is 0 Å². The lowest BCUT2D eigenvalue weighted by Crippen LogP contribution is -2.32. The topological polar surface area (TPSA) is 15.3 Å². The molecule has 1 rings (SSSR count). The maximum atomic E-state index is 3.58. The van der Waals surface area contributed by atoms with Crippen LogP contribution in [0.3, 0.4) is 0 Å². The van der Waals surface area contributed by atoms with Gasteiger partial charge in [-0.15, -0.1) is 0 Å². The first kappa shape index (κ1) is 13.2. The molecule has 2 nitrogen and oxygen atoms in total. The van der Waals surface area contributed by atoms with E-state index in [0.717, 1.165) is 13.1 Å². The normalized spacial score (nSPS) is 15.1. The van der Waals surface area contributed by atoms with E-state index in [9.17, 15) is 0 Å². The molecular formula is C14H24N2. The van der Waals surface area contributed by atoms with E-state index in [0.29, 0.717) is 12.0 Å². The summed E-state index contributed by atoms with van der Waals surface area (Å²) in [4.78, 5) is 2.25. The van der Waals surface area contributed by atoms with Gasteiger partial charge < -0.3 is 10.2 Å². The van der Waals surface area contributed by atoms with Gasteiger partial charge in [-0.1, -0.05) is 44.2 Å². The zero-order valence-electron chi connectivity index (χ0n) is 10.9. The molecule has 0 aliphatic rings. The Bertz CT molecular complexity index is 282. The molecule has 0 bridgehead atoms. The van der Waals surface area contributed by atoms with E-state index in [2.05, 4.69) is 68.5 Å². The van der Waals surface area contributed by atoms with Crippen molar-refractivity contribution in [1.82, 2.24) is 10.2 Å². The van der Waals surface area contributed by atoms with Crippen LogP contribution in [0, 0.1) is 5.92 Å². The molecule has 0 spiro atoms. The maximum Gasteiger partial charge on any atom is 0.0358 e. The predicted molar refractivity (Wildman–Crippen MR) is 70.6 cm³/mol. The van der Waals surface area contributed by atoms with Gasteiger partial charge in [-0.3, -0.25) is 0 Å². The number of nitrogens with one attached hydrogen (secondary N) is 1. The Morgan fingerprint density at radius 2 is 1.81 bits per heavy atom. The van der Waals surface area contributed by atoms with Crippen LogP contribution < -0.4 is 5.32 Å². The van der Waals surface area contributed by atoms with Crippen molar-refractivity contribution in [1.29, 1.82) is 0 Å². The van der Waals surface area contributed by atoms with Gasteiger partial charge in [0.05, 0.1) is 0 Å². The number of nitrogens with zero attached hydrogens (tertiary/aromatic N) is 1. The van der Waals surface area contributed by atoms with Gasteiger partial charge in [0.1, 0.15) is 0 Å². The molecule has 2 unspecified atom stereocenters. The molecular weight excluding hydrogens is 196 g/mol. The molecule has 0 saturated carbocycles. The Kier molecular flexibility index (Phi) is 5.50. The largest absolute Gasteiger partial charge is 0.310 e. The maximum absolute atomic E-state index is 3.58. The Labute approximate surface area is 99.7 Å². The van der Waals surface area contributed by atoms with Gasteiger partial charge >= 0.3 is 0 Å². The van der Waals surface area contributed by atoms with Crippen LogP contribution in [0.15, 0.2) is 30.3 Å². The number of hydrogen-bond acceptors (Lipinski definition) is 2. The molecule has 2 atom stereocenters. The van der Waals surface area contributed by atoms with Crippen molar-refractivity contribution in [2.24, 2.45) is 5.92 Å². The quantitative estimate of drug-likeness (QED) is 0.792. The molecule has 1 aromatic rings. The van der Waals surface area contributed by atoms with E-state index < -0.39 is 0 Å². The lowest BCUT2D eigenvalue weighted by atomic mass is 9.94. The fourth-order valence-electron chi connectivity index (χ4n) is 2.21. The molecule has 1 aromatic carbocycles. The summed E-state index contributed by atoms with van der Waals surface area (Å²) in [7, 11) is 4.26. The predicted octanol–water partition coefficient (Wildman–Crippen LogP) is 2.53. The van der Waals surface area contributed by atoms with Crippen molar-refractivity contribution >= 4 is 0 Å². The monoisotopic (exact) mass is 220 g/mol. The summed E-state index contributed by atoms with van der Waals surface area (Å²) >= 11 is 0. The van der Waals surface area contributed by atoms with E-state index in [-0.39, 0.29) is 0 Å². The van der Waals surface area contributed by atoms with Crippen molar-refractivity contribution in [3.05, 3.63) is 35.9 Å². The van der Waals surface area contributed by atoms with Crippen molar-refractivity contribution in [2.45, 2.75) is 19.9 Å². The van der Waals surface area contributed by atoms with E-state index in [1.165, 1.54) is 5.56 Å². The summed E-state index contributed by atoms with van der Waals surface area (Å²) in [5, 5.41) is 3.58. The SMILES string of the molecule is CCNC(c1ccccc1)C(C)CN(C)C. The average molecular weight is 220 g/mol. The highest BCUT2D eigenvalue weighted by atomic mass is 15.1. The summed E-state index contributed by atoms with van der Waals surface area (Å²) < 4.78 is 0. The fraction of sp³-hybridized carbons (Fsp3) is 0.571. The minimum Gasteiger partial charge on any atom is -0.310 e. The first-order valence-corrected chi connectivity index (χ1v) is 6.08. The van der Waals surface area contributed by atoms with Crippen LogP contribution in [0.1, 0.15) is 25.5 Å². The van der Waals surface area contributed by atoms with Gasteiger partial charge in [-0.25, -0.2) is 0 Å². The average Bonchev–Trinajstić information content (AvgIpc) is 2.26. The van der Waals surface area contributed by atoms with E-state index in [1.807, 2.05) is 0 Å². The van der Waals surface area contributed by atoms with E-state index in [1.54, 1.807) is 0 Å². The second-order valence-electron chi connectivity index (χ2n) is 4.69. The van der Waals surface area contributed by atoms with Crippen LogP contribution >= 0.6 is 0 Å². The lowest BCUT2D eigenvalue weighted by Gasteiger charge is -2.27. The minimum atomic E-state index is 0.452. The van der Waals surface area contributed by atoms with Gasteiger partial charge in [0, 0.05) is 12.6 Å². The van der Waals surface area contributed by atoms with Gasteiger partial charge in [0.2, 0.25) is 0 Å². The van der Waals surface area contributed by atoms with Gasteiger partial charge in [0.25, 0.3) is 0 Å². The molecule has 0 heterocycles. The number of rotatable bonds is 6. The third-order valence-electron chi connectivity index (χ3n) is 2.80. The summed E-state index contributed by atoms with van der Waals surface area (Å²) in [6.45, 7) is 6.59. The molecule has 0 radical (unpaired) electrons. The van der Waals surface area contributed by atoms with Crippen LogP contribution in [-0.2, 0) is 0 Å². The second kappa shape index (κ2) is 6.66. The van der Waals surface area contributed by atoms with Crippen LogP contribution in [-0.4, -0.2) is 32.1 Å². The van der Waals surface area contributed by atoms with Gasteiger partial charge in [-0.2, -0.15) is 0 Å². The van der Waals surface area contributed by atoms with Crippen molar-refractivity contribution < 1.29 is 0 Å². The molecule has 0 fully saturated rings. The number of benzene rings is 1. The summed E-state index contributed by atoms with van der Waals surface area (Å²) in [6, 6.07) is 11.2. The van der Waals surface area contributed by atoms with Crippen LogP contribution in [0.25, 0.3) is 0 Å². The third-order valence-corrected chi connectivity index (χ3v) is 2.80. The molecule has 90 valence electrons. The van der Waals surface area contributed by atoms with Crippen molar-refractivity contribution in [2.75, 3.05) is 27.2 Å². The van der Waals surface area contributed by atoms with Crippen molar-refractivity contribution in [3.63, 3.8) is 0 Å². The smallest absolute Gasteiger partial charge is 0.0358 e. The first-order chi connectivity index (χ1) is 7.65. The summed E-state index contributed by atoms with van der Waals surface area (Å²) in [5.74, 6) is 0.609. The molecule has 0 amide bonds. The molecule has 1 N–H and O–H groups in total. The number of hydrogen-bond donors (Lipinski definition) is 1. The van der Waals surface area contributed by atoms with Gasteiger partial charge in [0.15, 0.2) is 0 Å². The molecule has 0 aromatic heterocycles. The molecule has 2 heteroatoms. The molecule has 0 aliphatic heterocycles. The molecule has 0 aliphatic carbocycles. The summed E-state index contributed by atoms with van der Waals surface area (Å²) in [5.41, 5.74) is 1.39. The molecule has 0 saturated heterocycles. The summed E-state index contributed by atoms with van der Waals surface area (Å²) in [6.07, 6.45) is 0. The fourth-order valence-corrected chi connectivity index (χ4v) is 2.21. The zero-order valence-corrected chi connectivity index (χ0v) is 10.9. The highest BCUT2D eigenvalue weighted by molar-refractivity contribution is 5.19. The zero-order chi connectivity index (χ0) is 12.0. The highest BCUT2D eigenvalue weighted by Gasteiger charge is 2.18. The third kappa shape index (κ3) is 3.95. The van der Waals surface area contributed by atoms with E-state index in [4.69, 9.17) is 0 Å². The Morgan fingerprint density at radius 1 is 1.19 bits per heavy atom. The standard InChI is InChI=1S/C14H24N2/c1-5-15-14(12(2)11-16(3)4)13-9-7-6-8-10-13/h6-10,12,14-15H,5,11H2,1-4H3. The first-order valence-electron chi connectivity index (χ1n) is 6.08. The Balaban J connectivity index is 2.74.